The molecule has 1 heterocycles. The van der Waals surface area contributed by atoms with Gasteiger partial charge in [0.15, 0.2) is 0 Å². The second-order valence-electron chi connectivity index (χ2n) is 4.28. The largest absolute Gasteiger partial charge is 0.416 e. The molecule has 0 aliphatic carbocycles. The average molecular weight is 319 g/mol. The quantitative estimate of drug-likeness (QED) is 0.855. The molecule has 0 aliphatic rings. The molecule has 108 valence electrons. The third-order valence-electron chi connectivity index (χ3n) is 2.56. The van der Waals surface area contributed by atoms with Crippen LogP contribution in [0.15, 0.2) is 29.6 Å². The van der Waals surface area contributed by atoms with Crippen LogP contribution in [-0.4, -0.2) is 9.19 Å². The molecular weight excluding hydrogens is 307 g/mol. The van der Waals surface area contributed by atoms with Crippen molar-refractivity contribution in [1.29, 1.82) is 0 Å². The molecule has 0 fully saturated rings. The van der Waals surface area contributed by atoms with Gasteiger partial charge in [0.2, 0.25) is 0 Å². The van der Waals surface area contributed by atoms with Crippen LogP contribution < -0.4 is 0 Å². The fourth-order valence-corrected chi connectivity index (χ4v) is 3.56. The predicted octanol–water partition coefficient (Wildman–Crippen LogP) is 3.92. The summed E-state index contributed by atoms with van der Waals surface area (Å²) in [7, 11) is -1.27. The zero-order valence-corrected chi connectivity index (χ0v) is 12.2. The Hall–Kier alpha value is -1.21. The third-order valence-corrected chi connectivity index (χ3v) is 4.65. The van der Waals surface area contributed by atoms with E-state index in [1.807, 2.05) is 12.3 Å². The molecule has 0 radical (unpaired) electrons. The minimum absolute atomic E-state index is 0.0977. The molecular formula is C13H12F3NOS2. The average Bonchev–Trinajstić information content (AvgIpc) is 2.73. The lowest BCUT2D eigenvalue weighted by atomic mass is 10.1. The summed E-state index contributed by atoms with van der Waals surface area (Å²) < 4.78 is 49.7. The van der Waals surface area contributed by atoms with Crippen molar-refractivity contribution in [3.8, 4) is 0 Å². The topological polar surface area (TPSA) is 30.0 Å². The van der Waals surface area contributed by atoms with Gasteiger partial charge < -0.3 is 0 Å². The number of benzene rings is 1. The zero-order valence-electron chi connectivity index (χ0n) is 10.6. The number of aryl methyl sites for hydroxylation is 1. The van der Waals surface area contributed by atoms with Crippen molar-refractivity contribution in [1.82, 2.24) is 4.98 Å². The smallest absolute Gasteiger partial charge is 0.259 e. The van der Waals surface area contributed by atoms with E-state index in [2.05, 4.69) is 4.98 Å². The van der Waals surface area contributed by atoms with Crippen molar-refractivity contribution in [2.45, 2.75) is 24.6 Å². The third kappa shape index (κ3) is 4.14. The number of hydrogen-bond acceptors (Lipinski definition) is 3. The molecule has 0 N–H and O–H groups in total. The SMILES string of the molecule is Cc1nc(C[S@](=O)Cc2cccc(C(F)(F)F)c2)cs1. The molecule has 7 heteroatoms. The van der Waals surface area contributed by atoms with E-state index in [4.69, 9.17) is 0 Å². The first-order chi connectivity index (χ1) is 9.34. The number of rotatable bonds is 4. The van der Waals surface area contributed by atoms with Gasteiger partial charge in [-0.05, 0) is 18.6 Å². The molecule has 1 aromatic heterocycles. The highest BCUT2D eigenvalue weighted by Crippen LogP contribution is 2.29. The Labute approximate surface area is 121 Å². The predicted molar refractivity (Wildman–Crippen MR) is 73.8 cm³/mol. The van der Waals surface area contributed by atoms with Crippen molar-refractivity contribution < 1.29 is 17.4 Å². The summed E-state index contributed by atoms with van der Waals surface area (Å²) in [6.07, 6.45) is -4.37. The van der Waals surface area contributed by atoms with E-state index in [1.165, 1.54) is 17.4 Å². The Kier molecular flexibility index (Phi) is 4.59. The van der Waals surface area contributed by atoms with Crippen molar-refractivity contribution in [3.63, 3.8) is 0 Å². The van der Waals surface area contributed by atoms with E-state index in [0.29, 0.717) is 5.56 Å². The van der Waals surface area contributed by atoms with E-state index in [0.717, 1.165) is 22.8 Å². The summed E-state index contributed by atoms with van der Waals surface area (Å²) in [5.74, 6) is 0.362. The van der Waals surface area contributed by atoms with Crippen LogP contribution in [0.3, 0.4) is 0 Å². The molecule has 0 spiro atoms. The van der Waals surface area contributed by atoms with Gasteiger partial charge >= 0.3 is 6.18 Å². The standard InChI is InChI=1S/C13H12F3NOS2/c1-9-17-12(6-19-9)8-20(18)7-10-3-2-4-11(5-10)13(14,15)16/h2-6H,7-8H2,1H3/t20-/m1/s1. The number of thiazole rings is 1. The van der Waals surface area contributed by atoms with Gasteiger partial charge in [0.1, 0.15) is 0 Å². The van der Waals surface area contributed by atoms with E-state index in [9.17, 15) is 17.4 Å². The Morgan fingerprint density at radius 3 is 2.65 bits per heavy atom. The Morgan fingerprint density at radius 1 is 1.30 bits per heavy atom. The minimum atomic E-state index is -4.37. The van der Waals surface area contributed by atoms with Gasteiger partial charge in [-0.2, -0.15) is 13.2 Å². The van der Waals surface area contributed by atoms with Crippen LogP contribution in [0.5, 0.6) is 0 Å². The summed E-state index contributed by atoms with van der Waals surface area (Å²) in [6.45, 7) is 1.85. The maximum atomic E-state index is 12.6. The van der Waals surface area contributed by atoms with E-state index < -0.39 is 22.5 Å². The van der Waals surface area contributed by atoms with Crippen LogP contribution in [0.25, 0.3) is 0 Å². The van der Waals surface area contributed by atoms with Gasteiger partial charge in [0.05, 0.1) is 22.0 Å². The lowest BCUT2D eigenvalue weighted by Gasteiger charge is -2.08. The molecule has 0 unspecified atom stereocenters. The van der Waals surface area contributed by atoms with Gasteiger partial charge in [0.25, 0.3) is 0 Å². The summed E-state index contributed by atoms with van der Waals surface area (Å²) in [4.78, 5) is 4.19. The van der Waals surface area contributed by atoms with E-state index in [1.54, 1.807) is 6.07 Å². The monoisotopic (exact) mass is 319 g/mol. The molecule has 1 atom stereocenters. The fraction of sp³-hybridized carbons (Fsp3) is 0.308. The highest BCUT2D eigenvalue weighted by Gasteiger charge is 2.30. The molecule has 1 aromatic carbocycles. The molecule has 2 nitrogen and oxygen atoms in total. The first kappa shape index (κ1) is 15.2. The van der Waals surface area contributed by atoms with Crippen LogP contribution in [0.1, 0.15) is 21.8 Å². The van der Waals surface area contributed by atoms with Crippen LogP contribution >= 0.6 is 11.3 Å². The number of nitrogens with zero attached hydrogens (tertiary/aromatic N) is 1. The molecule has 20 heavy (non-hydrogen) atoms. The Balaban J connectivity index is 2.04. The van der Waals surface area contributed by atoms with Gasteiger partial charge in [-0.25, -0.2) is 4.98 Å². The van der Waals surface area contributed by atoms with Gasteiger partial charge in [-0.15, -0.1) is 11.3 Å². The molecule has 0 bridgehead atoms. The number of alkyl halides is 3. The molecule has 2 rings (SSSR count). The zero-order chi connectivity index (χ0) is 14.8. The summed E-state index contributed by atoms with van der Waals surface area (Å²) in [6, 6.07) is 4.95. The maximum absolute atomic E-state index is 12.6. The van der Waals surface area contributed by atoms with Crippen LogP contribution in [-0.2, 0) is 28.5 Å². The van der Waals surface area contributed by atoms with Gasteiger partial charge in [-0.1, -0.05) is 18.2 Å². The van der Waals surface area contributed by atoms with Crippen molar-refractivity contribution >= 4 is 22.1 Å². The lowest BCUT2D eigenvalue weighted by molar-refractivity contribution is -0.137. The minimum Gasteiger partial charge on any atom is -0.259 e. The van der Waals surface area contributed by atoms with Gasteiger partial charge in [0, 0.05) is 21.9 Å². The first-order valence-corrected chi connectivity index (χ1v) is 8.13. The number of aromatic nitrogens is 1. The van der Waals surface area contributed by atoms with E-state index >= 15 is 0 Å². The van der Waals surface area contributed by atoms with Crippen LogP contribution in [0, 0.1) is 6.92 Å². The van der Waals surface area contributed by atoms with Crippen LogP contribution in [0.4, 0.5) is 13.2 Å². The van der Waals surface area contributed by atoms with Crippen LogP contribution in [0.2, 0.25) is 0 Å². The second kappa shape index (κ2) is 6.05. The fourth-order valence-electron chi connectivity index (χ4n) is 1.71. The summed E-state index contributed by atoms with van der Waals surface area (Å²) in [5.41, 5.74) is 0.430. The molecule has 0 saturated heterocycles. The van der Waals surface area contributed by atoms with Crippen molar-refractivity contribution in [2.75, 3.05) is 0 Å². The van der Waals surface area contributed by atoms with Crippen molar-refractivity contribution in [2.24, 2.45) is 0 Å². The highest BCUT2D eigenvalue weighted by molar-refractivity contribution is 7.83. The molecule has 0 saturated carbocycles. The number of halogens is 3. The lowest BCUT2D eigenvalue weighted by Crippen LogP contribution is -2.06. The first-order valence-electron chi connectivity index (χ1n) is 5.77. The second-order valence-corrected chi connectivity index (χ2v) is 6.80. The molecule has 0 amide bonds. The molecule has 0 aliphatic heterocycles. The normalized spacial score (nSPS) is 13.4. The number of hydrogen-bond donors (Lipinski definition) is 0. The summed E-state index contributed by atoms with van der Waals surface area (Å²) in [5, 5.41) is 2.70. The Bertz CT molecular complexity index is 622. The maximum Gasteiger partial charge on any atom is 0.416 e. The Morgan fingerprint density at radius 2 is 2.05 bits per heavy atom. The van der Waals surface area contributed by atoms with Gasteiger partial charge in [-0.3, -0.25) is 4.21 Å². The highest BCUT2D eigenvalue weighted by atomic mass is 32.2. The summed E-state index contributed by atoms with van der Waals surface area (Å²) >= 11 is 1.46. The van der Waals surface area contributed by atoms with E-state index in [-0.39, 0.29) is 11.5 Å². The molecule has 2 aromatic rings. The van der Waals surface area contributed by atoms with Crippen molar-refractivity contribution in [3.05, 3.63) is 51.5 Å².